The smallest absolute Gasteiger partial charge is 0.119 e. The Morgan fingerprint density at radius 1 is 0.958 bits per heavy atom. The maximum Gasteiger partial charge on any atom is 0.119 e. The van der Waals surface area contributed by atoms with E-state index in [1.54, 1.807) is 0 Å². The minimum Gasteiger partial charge on any atom is -0.494 e. The monoisotopic (exact) mass is 315 g/mol. The summed E-state index contributed by atoms with van der Waals surface area (Å²) < 4.78 is 5.89. The number of rotatable bonds is 5. The number of nitriles is 1. The molecular weight excluding hydrogens is 294 g/mol. The molecule has 0 bridgehead atoms. The second-order valence-corrected chi connectivity index (χ2v) is 6.19. The topological polar surface area (TPSA) is 33.0 Å². The van der Waals surface area contributed by atoms with Gasteiger partial charge in [0.25, 0.3) is 0 Å². The van der Waals surface area contributed by atoms with E-state index in [1.165, 1.54) is 16.3 Å². The van der Waals surface area contributed by atoms with E-state index in [-0.39, 0.29) is 5.92 Å². The van der Waals surface area contributed by atoms with Crippen LogP contribution in [-0.2, 0) is 0 Å². The molecule has 120 valence electrons. The lowest BCUT2D eigenvalue weighted by atomic mass is 9.92. The molecule has 0 aromatic heterocycles. The van der Waals surface area contributed by atoms with Crippen molar-refractivity contribution < 1.29 is 4.74 Å². The van der Waals surface area contributed by atoms with E-state index in [9.17, 15) is 5.26 Å². The van der Waals surface area contributed by atoms with Crippen molar-refractivity contribution in [1.29, 1.82) is 5.26 Å². The van der Waals surface area contributed by atoms with Crippen LogP contribution in [0.5, 0.6) is 5.75 Å². The highest BCUT2D eigenvalue weighted by Crippen LogP contribution is 2.25. The van der Waals surface area contributed by atoms with Crippen molar-refractivity contribution in [2.45, 2.75) is 26.2 Å². The molecule has 0 N–H and O–H groups in total. The SMILES string of the molecule is Cc1ccc(C)c(C(C#N)CCOc2ccc3ccccc3c2)c1. The third kappa shape index (κ3) is 3.58. The third-order valence-corrected chi connectivity index (χ3v) is 4.36. The fraction of sp³-hybridized carbons (Fsp3) is 0.227. The number of ether oxygens (including phenoxy) is 1. The van der Waals surface area contributed by atoms with Gasteiger partial charge in [0.05, 0.1) is 18.6 Å². The predicted octanol–water partition coefficient (Wildman–Crippen LogP) is 5.53. The molecule has 3 rings (SSSR count). The minimum atomic E-state index is -0.134. The first-order chi connectivity index (χ1) is 11.7. The quantitative estimate of drug-likeness (QED) is 0.620. The van der Waals surface area contributed by atoms with E-state index in [0.29, 0.717) is 13.0 Å². The van der Waals surface area contributed by atoms with Gasteiger partial charge in [-0.3, -0.25) is 0 Å². The maximum atomic E-state index is 9.53. The zero-order valence-corrected chi connectivity index (χ0v) is 14.1. The summed E-state index contributed by atoms with van der Waals surface area (Å²) in [6.45, 7) is 4.65. The molecule has 0 aliphatic carbocycles. The van der Waals surface area contributed by atoms with Gasteiger partial charge >= 0.3 is 0 Å². The lowest BCUT2D eigenvalue weighted by Crippen LogP contribution is -2.06. The molecule has 1 atom stereocenters. The van der Waals surface area contributed by atoms with Crippen molar-refractivity contribution in [3.63, 3.8) is 0 Å². The summed E-state index contributed by atoms with van der Waals surface area (Å²) in [4.78, 5) is 0. The van der Waals surface area contributed by atoms with Gasteiger partial charge in [-0.1, -0.05) is 54.1 Å². The zero-order chi connectivity index (χ0) is 16.9. The van der Waals surface area contributed by atoms with E-state index >= 15 is 0 Å². The van der Waals surface area contributed by atoms with Crippen molar-refractivity contribution in [3.05, 3.63) is 77.4 Å². The van der Waals surface area contributed by atoms with Gasteiger partial charge in [0.15, 0.2) is 0 Å². The van der Waals surface area contributed by atoms with E-state index in [2.05, 4.69) is 62.4 Å². The van der Waals surface area contributed by atoms with E-state index < -0.39 is 0 Å². The molecule has 0 spiro atoms. The Bertz CT molecular complexity index is 892. The van der Waals surface area contributed by atoms with Crippen molar-refractivity contribution in [1.82, 2.24) is 0 Å². The molecule has 0 radical (unpaired) electrons. The van der Waals surface area contributed by atoms with Gasteiger partial charge in [0.2, 0.25) is 0 Å². The van der Waals surface area contributed by atoms with Gasteiger partial charge in [0.1, 0.15) is 5.75 Å². The number of aryl methyl sites for hydroxylation is 2. The maximum absolute atomic E-state index is 9.53. The van der Waals surface area contributed by atoms with Gasteiger partial charge in [-0.05, 0) is 47.9 Å². The van der Waals surface area contributed by atoms with Crippen LogP contribution in [0.1, 0.15) is 29.0 Å². The molecule has 0 aliphatic heterocycles. The van der Waals surface area contributed by atoms with E-state index in [4.69, 9.17) is 4.74 Å². The van der Waals surface area contributed by atoms with Gasteiger partial charge in [-0.25, -0.2) is 0 Å². The van der Waals surface area contributed by atoms with Gasteiger partial charge in [-0.2, -0.15) is 5.26 Å². The molecule has 1 unspecified atom stereocenters. The summed E-state index contributed by atoms with van der Waals surface area (Å²) in [5, 5.41) is 11.9. The Morgan fingerprint density at radius 3 is 2.54 bits per heavy atom. The highest BCUT2D eigenvalue weighted by Gasteiger charge is 2.13. The van der Waals surface area contributed by atoms with Crippen molar-refractivity contribution in [3.8, 4) is 11.8 Å². The molecule has 0 heterocycles. The molecule has 3 aromatic rings. The second-order valence-electron chi connectivity index (χ2n) is 6.19. The van der Waals surface area contributed by atoms with Gasteiger partial charge in [-0.15, -0.1) is 0 Å². The average molecular weight is 315 g/mol. The van der Waals surface area contributed by atoms with Crippen molar-refractivity contribution in [2.75, 3.05) is 6.61 Å². The fourth-order valence-electron chi connectivity index (χ4n) is 2.98. The Kier molecular flexibility index (Phi) is 4.82. The molecular formula is C22H21NO. The summed E-state index contributed by atoms with van der Waals surface area (Å²) >= 11 is 0. The summed E-state index contributed by atoms with van der Waals surface area (Å²) in [6, 6.07) is 23.0. The molecule has 0 amide bonds. The molecule has 2 nitrogen and oxygen atoms in total. The van der Waals surface area contributed by atoms with Crippen molar-refractivity contribution >= 4 is 10.8 Å². The molecule has 0 fully saturated rings. The summed E-state index contributed by atoms with van der Waals surface area (Å²) in [7, 11) is 0. The Hall–Kier alpha value is -2.79. The van der Waals surface area contributed by atoms with Crippen LogP contribution in [0.15, 0.2) is 60.7 Å². The first kappa shape index (κ1) is 16.1. The largest absolute Gasteiger partial charge is 0.494 e. The van der Waals surface area contributed by atoms with Gasteiger partial charge in [0, 0.05) is 6.42 Å². The number of nitrogens with zero attached hydrogens (tertiary/aromatic N) is 1. The van der Waals surface area contributed by atoms with Crippen molar-refractivity contribution in [2.24, 2.45) is 0 Å². The molecule has 24 heavy (non-hydrogen) atoms. The third-order valence-electron chi connectivity index (χ3n) is 4.36. The van der Waals surface area contributed by atoms with Crippen LogP contribution in [0.4, 0.5) is 0 Å². The first-order valence-corrected chi connectivity index (χ1v) is 8.26. The molecule has 0 aliphatic rings. The van der Waals surface area contributed by atoms with E-state index in [0.717, 1.165) is 16.9 Å². The molecule has 0 saturated heterocycles. The van der Waals surface area contributed by atoms with Crippen LogP contribution < -0.4 is 4.74 Å². The second kappa shape index (κ2) is 7.19. The highest BCUT2D eigenvalue weighted by atomic mass is 16.5. The fourth-order valence-corrected chi connectivity index (χ4v) is 2.98. The van der Waals surface area contributed by atoms with Crippen LogP contribution >= 0.6 is 0 Å². The molecule has 0 saturated carbocycles. The number of hydrogen-bond acceptors (Lipinski definition) is 2. The Morgan fingerprint density at radius 2 is 1.75 bits per heavy atom. The number of fused-ring (bicyclic) bond motifs is 1. The summed E-state index contributed by atoms with van der Waals surface area (Å²) in [6.07, 6.45) is 0.688. The zero-order valence-electron chi connectivity index (χ0n) is 14.1. The van der Waals surface area contributed by atoms with Crippen LogP contribution in [-0.4, -0.2) is 6.61 Å². The highest BCUT2D eigenvalue weighted by molar-refractivity contribution is 5.83. The number of hydrogen-bond donors (Lipinski definition) is 0. The first-order valence-electron chi connectivity index (χ1n) is 8.26. The van der Waals surface area contributed by atoms with E-state index in [1.807, 2.05) is 18.2 Å². The molecule has 3 aromatic carbocycles. The van der Waals surface area contributed by atoms with Crippen LogP contribution in [0.2, 0.25) is 0 Å². The lowest BCUT2D eigenvalue weighted by Gasteiger charge is -2.14. The lowest BCUT2D eigenvalue weighted by molar-refractivity contribution is 0.306. The average Bonchev–Trinajstić information content (AvgIpc) is 2.61. The minimum absolute atomic E-state index is 0.134. The Labute approximate surface area is 143 Å². The normalized spacial score (nSPS) is 11.9. The van der Waals surface area contributed by atoms with Crippen LogP contribution in [0.25, 0.3) is 10.8 Å². The molecule has 2 heteroatoms. The van der Waals surface area contributed by atoms with Crippen LogP contribution in [0, 0.1) is 25.2 Å². The summed E-state index contributed by atoms with van der Waals surface area (Å²) in [5.41, 5.74) is 3.46. The summed E-state index contributed by atoms with van der Waals surface area (Å²) in [5.74, 6) is 0.719. The van der Waals surface area contributed by atoms with Crippen LogP contribution in [0.3, 0.4) is 0 Å². The van der Waals surface area contributed by atoms with Gasteiger partial charge < -0.3 is 4.74 Å². The standard InChI is InChI=1S/C22H21NO/c1-16-7-8-17(2)22(13-16)20(15-23)11-12-24-21-10-9-18-5-3-4-6-19(18)14-21/h3-10,13-14,20H,11-12H2,1-2H3. The number of benzene rings is 3. The predicted molar refractivity (Wildman–Crippen MR) is 98.3 cm³/mol. The Balaban J connectivity index is 1.67.